The van der Waals surface area contributed by atoms with Gasteiger partial charge < -0.3 is 14.8 Å². The van der Waals surface area contributed by atoms with Gasteiger partial charge in [-0.05, 0) is 77.7 Å². The Balaban J connectivity index is 2.36. The minimum absolute atomic E-state index is 0.0300. The van der Waals surface area contributed by atoms with Crippen LogP contribution in [0.5, 0.6) is 11.5 Å². The molecule has 29 heavy (non-hydrogen) atoms. The van der Waals surface area contributed by atoms with E-state index in [0.29, 0.717) is 33.8 Å². The maximum atomic E-state index is 12.6. The summed E-state index contributed by atoms with van der Waals surface area (Å²) in [5, 5.41) is 12.3. The average Bonchev–Trinajstić information content (AvgIpc) is 2.68. The Morgan fingerprint density at radius 2 is 2.03 bits per heavy atom. The lowest BCUT2D eigenvalue weighted by atomic mass is 10.1. The first-order valence-electron chi connectivity index (χ1n) is 8.92. The van der Waals surface area contributed by atoms with E-state index in [1.165, 1.54) is 6.08 Å². The number of carbonyl (C=O) groups is 1. The molecule has 0 aromatic heterocycles. The fourth-order valence-corrected chi connectivity index (χ4v) is 3.14. The van der Waals surface area contributed by atoms with E-state index < -0.39 is 5.91 Å². The van der Waals surface area contributed by atoms with E-state index in [-0.39, 0.29) is 12.2 Å². The number of hydrogen-bond acceptors (Lipinski definition) is 4. The van der Waals surface area contributed by atoms with Crippen molar-refractivity contribution in [3.05, 3.63) is 57.1 Å². The largest absolute Gasteiger partial charge is 0.490 e. The molecule has 0 unspecified atom stereocenters. The van der Waals surface area contributed by atoms with Crippen LogP contribution in [0.15, 0.2) is 40.4 Å². The summed E-state index contributed by atoms with van der Waals surface area (Å²) >= 11 is 3.43. The fourth-order valence-electron chi connectivity index (χ4n) is 2.56. The maximum absolute atomic E-state index is 12.6. The van der Waals surface area contributed by atoms with Gasteiger partial charge in [-0.1, -0.05) is 18.1 Å². The molecule has 0 aliphatic carbocycles. The molecular weight excluding hydrogens is 432 g/mol. The van der Waals surface area contributed by atoms with Crippen LogP contribution in [0.4, 0.5) is 5.69 Å². The summed E-state index contributed by atoms with van der Waals surface area (Å²) in [5.41, 5.74) is 3.18. The minimum atomic E-state index is -0.483. The second kappa shape index (κ2) is 10.4. The molecule has 0 aliphatic rings. The van der Waals surface area contributed by atoms with Crippen molar-refractivity contribution >= 4 is 33.6 Å². The summed E-state index contributed by atoms with van der Waals surface area (Å²) in [6.45, 7) is 6.19. The molecule has 2 rings (SSSR count). The van der Waals surface area contributed by atoms with Gasteiger partial charge in [-0.3, -0.25) is 4.79 Å². The molecule has 0 saturated carbocycles. The van der Waals surface area contributed by atoms with E-state index in [0.717, 1.165) is 11.1 Å². The Morgan fingerprint density at radius 3 is 2.69 bits per heavy atom. The SMILES string of the molecule is C#CCOc1c(Br)cc(/C=C(\C#N)C(=O)Nc2cc(C)ccc2C)cc1OCC. The van der Waals surface area contributed by atoms with Crippen molar-refractivity contribution in [2.45, 2.75) is 20.8 Å². The standard InChI is InChI=1S/C23H21BrN2O3/c1-5-9-29-22-19(24)12-17(13-21(22)28-6-2)11-18(14-25)23(27)26-20-10-15(3)7-8-16(20)4/h1,7-8,10-13H,6,9H2,2-4H3,(H,26,27)/b18-11+. The predicted octanol–water partition coefficient (Wildman–Crippen LogP) is 5.02. The van der Waals surface area contributed by atoms with Gasteiger partial charge in [0.05, 0.1) is 11.1 Å². The summed E-state index contributed by atoms with van der Waals surface area (Å²) in [7, 11) is 0. The third-order valence-corrected chi connectivity index (χ3v) is 4.54. The lowest BCUT2D eigenvalue weighted by Crippen LogP contribution is -2.14. The molecule has 148 valence electrons. The molecule has 0 fully saturated rings. The van der Waals surface area contributed by atoms with E-state index in [1.807, 2.05) is 45.0 Å². The van der Waals surface area contributed by atoms with E-state index in [9.17, 15) is 10.1 Å². The van der Waals surface area contributed by atoms with Crippen LogP contribution >= 0.6 is 15.9 Å². The number of aryl methyl sites for hydroxylation is 2. The summed E-state index contributed by atoms with van der Waals surface area (Å²) in [5.74, 6) is 2.87. The highest BCUT2D eigenvalue weighted by atomic mass is 79.9. The number of amides is 1. The van der Waals surface area contributed by atoms with Gasteiger partial charge in [0.15, 0.2) is 11.5 Å². The first-order chi connectivity index (χ1) is 13.9. The number of rotatable bonds is 7. The van der Waals surface area contributed by atoms with Crippen molar-refractivity contribution in [3.63, 3.8) is 0 Å². The lowest BCUT2D eigenvalue weighted by Gasteiger charge is -2.13. The van der Waals surface area contributed by atoms with Gasteiger partial charge in [0.2, 0.25) is 0 Å². The van der Waals surface area contributed by atoms with Crippen LogP contribution in [0.25, 0.3) is 6.08 Å². The maximum Gasteiger partial charge on any atom is 0.266 e. The Bertz CT molecular complexity index is 1030. The number of hydrogen-bond donors (Lipinski definition) is 1. The van der Waals surface area contributed by atoms with Crippen molar-refractivity contribution in [2.75, 3.05) is 18.5 Å². The molecule has 0 heterocycles. The van der Waals surface area contributed by atoms with Gasteiger partial charge in [0, 0.05) is 5.69 Å². The van der Waals surface area contributed by atoms with E-state index in [4.69, 9.17) is 15.9 Å². The fraction of sp³-hybridized carbons (Fsp3) is 0.217. The van der Waals surface area contributed by atoms with Crippen molar-refractivity contribution in [3.8, 4) is 29.9 Å². The van der Waals surface area contributed by atoms with Gasteiger partial charge in [0.25, 0.3) is 5.91 Å². The number of nitriles is 1. The molecule has 2 aromatic carbocycles. The quantitative estimate of drug-likeness (QED) is 0.363. The Hall–Kier alpha value is -3.22. The number of ether oxygens (including phenoxy) is 2. The normalized spacial score (nSPS) is 10.6. The highest BCUT2D eigenvalue weighted by molar-refractivity contribution is 9.10. The first-order valence-corrected chi connectivity index (χ1v) is 9.71. The van der Waals surface area contributed by atoms with Crippen molar-refractivity contribution in [1.29, 1.82) is 5.26 Å². The summed E-state index contributed by atoms with van der Waals surface area (Å²) in [6, 6.07) is 11.1. The van der Waals surface area contributed by atoms with Crippen LogP contribution in [-0.4, -0.2) is 19.1 Å². The van der Waals surface area contributed by atoms with E-state index >= 15 is 0 Å². The second-order valence-corrected chi connectivity index (χ2v) is 7.05. The van der Waals surface area contributed by atoms with Crippen LogP contribution < -0.4 is 14.8 Å². The van der Waals surface area contributed by atoms with Crippen molar-refractivity contribution in [2.24, 2.45) is 0 Å². The number of anilines is 1. The molecule has 0 atom stereocenters. The zero-order valence-corrected chi connectivity index (χ0v) is 18.1. The molecular formula is C23H21BrN2O3. The molecule has 5 nitrogen and oxygen atoms in total. The predicted molar refractivity (Wildman–Crippen MR) is 118 cm³/mol. The number of nitrogens with one attached hydrogen (secondary N) is 1. The highest BCUT2D eigenvalue weighted by Gasteiger charge is 2.15. The molecule has 0 radical (unpaired) electrons. The molecule has 0 spiro atoms. The number of benzene rings is 2. The van der Waals surface area contributed by atoms with Gasteiger partial charge >= 0.3 is 0 Å². The summed E-state index contributed by atoms with van der Waals surface area (Å²) in [6.07, 6.45) is 6.76. The average molecular weight is 453 g/mol. The number of nitrogens with zero attached hydrogens (tertiary/aromatic N) is 1. The van der Waals surface area contributed by atoms with Gasteiger partial charge in [-0.25, -0.2) is 0 Å². The topological polar surface area (TPSA) is 71.3 Å². The lowest BCUT2D eigenvalue weighted by molar-refractivity contribution is -0.112. The Morgan fingerprint density at radius 1 is 1.28 bits per heavy atom. The van der Waals surface area contributed by atoms with Gasteiger partial charge in [-0.2, -0.15) is 5.26 Å². The van der Waals surface area contributed by atoms with Crippen molar-refractivity contribution < 1.29 is 14.3 Å². The third kappa shape index (κ3) is 5.88. The van der Waals surface area contributed by atoms with Gasteiger partial charge in [0.1, 0.15) is 18.2 Å². The molecule has 2 aromatic rings. The van der Waals surface area contributed by atoms with Crippen molar-refractivity contribution in [1.82, 2.24) is 0 Å². The third-order valence-electron chi connectivity index (χ3n) is 3.95. The molecule has 1 amide bonds. The molecule has 6 heteroatoms. The Kier molecular flexibility index (Phi) is 7.88. The number of terminal acetylenes is 1. The molecule has 0 aliphatic heterocycles. The van der Waals surface area contributed by atoms with E-state index in [1.54, 1.807) is 12.1 Å². The first kappa shape index (κ1) is 22.1. The zero-order valence-electron chi connectivity index (χ0n) is 16.5. The monoisotopic (exact) mass is 452 g/mol. The van der Waals surface area contributed by atoms with E-state index in [2.05, 4.69) is 27.2 Å². The minimum Gasteiger partial charge on any atom is -0.490 e. The summed E-state index contributed by atoms with van der Waals surface area (Å²) in [4.78, 5) is 12.6. The van der Waals surface area contributed by atoms with Crippen LogP contribution in [0.1, 0.15) is 23.6 Å². The second-order valence-electron chi connectivity index (χ2n) is 6.20. The molecule has 1 N–H and O–H groups in total. The number of halogens is 1. The molecule has 0 saturated heterocycles. The van der Waals surface area contributed by atoms with Crippen LogP contribution in [0.3, 0.4) is 0 Å². The Labute approximate surface area is 179 Å². The highest BCUT2D eigenvalue weighted by Crippen LogP contribution is 2.37. The molecule has 0 bridgehead atoms. The number of carbonyl (C=O) groups excluding carboxylic acids is 1. The summed E-state index contributed by atoms with van der Waals surface area (Å²) < 4.78 is 11.8. The zero-order chi connectivity index (χ0) is 21.4. The van der Waals surface area contributed by atoms with Crippen LogP contribution in [0.2, 0.25) is 0 Å². The van der Waals surface area contributed by atoms with Crippen LogP contribution in [0, 0.1) is 37.5 Å². The smallest absolute Gasteiger partial charge is 0.266 e. The van der Waals surface area contributed by atoms with Gasteiger partial charge in [-0.15, -0.1) is 6.42 Å². The van der Waals surface area contributed by atoms with Crippen LogP contribution in [-0.2, 0) is 4.79 Å².